The van der Waals surface area contributed by atoms with E-state index in [4.69, 9.17) is 4.74 Å². The summed E-state index contributed by atoms with van der Waals surface area (Å²) in [6, 6.07) is 12.0. The molecule has 4 heteroatoms. The minimum absolute atomic E-state index is 0.197. The van der Waals surface area contributed by atoms with Gasteiger partial charge in [-0.15, -0.1) is 0 Å². The predicted molar refractivity (Wildman–Crippen MR) is 88.9 cm³/mol. The van der Waals surface area contributed by atoms with Crippen LogP contribution >= 0.6 is 0 Å². The molecule has 0 aliphatic carbocycles. The Labute approximate surface area is 136 Å². The maximum absolute atomic E-state index is 13.1. The minimum Gasteiger partial charge on any atom is -0.480 e. The third kappa shape index (κ3) is 4.55. The van der Waals surface area contributed by atoms with Gasteiger partial charge in [-0.1, -0.05) is 31.2 Å². The average Bonchev–Trinajstić information content (AvgIpc) is 2.54. The molecule has 122 valence electrons. The van der Waals surface area contributed by atoms with Crippen LogP contribution in [0.4, 0.5) is 4.39 Å². The van der Waals surface area contributed by atoms with E-state index in [0.717, 1.165) is 22.4 Å². The first-order valence-electron chi connectivity index (χ1n) is 7.76. The quantitative estimate of drug-likeness (QED) is 0.877. The fourth-order valence-electron chi connectivity index (χ4n) is 2.28. The van der Waals surface area contributed by atoms with Crippen molar-refractivity contribution in [1.82, 2.24) is 5.32 Å². The maximum Gasteiger partial charge on any atom is 0.261 e. The van der Waals surface area contributed by atoms with Crippen LogP contribution in [0.3, 0.4) is 0 Å². The van der Waals surface area contributed by atoms with Crippen molar-refractivity contribution >= 4 is 5.91 Å². The van der Waals surface area contributed by atoms with Crippen LogP contribution in [-0.2, 0) is 11.3 Å². The Hall–Kier alpha value is -2.36. The van der Waals surface area contributed by atoms with Gasteiger partial charge < -0.3 is 10.1 Å². The predicted octanol–water partition coefficient (Wildman–Crippen LogP) is 3.92. The van der Waals surface area contributed by atoms with Crippen LogP contribution in [0.5, 0.6) is 5.75 Å². The van der Waals surface area contributed by atoms with Crippen molar-refractivity contribution in [2.75, 3.05) is 0 Å². The molecule has 0 saturated carbocycles. The van der Waals surface area contributed by atoms with Gasteiger partial charge in [-0.2, -0.15) is 0 Å². The van der Waals surface area contributed by atoms with E-state index in [1.807, 2.05) is 39.0 Å². The number of hydrogen-bond acceptors (Lipinski definition) is 2. The summed E-state index contributed by atoms with van der Waals surface area (Å²) in [6.07, 6.45) is -0.00778. The third-order valence-corrected chi connectivity index (χ3v) is 3.84. The van der Waals surface area contributed by atoms with Crippen LogP contribution in [0.1, 0.15) is 30.0 Å². The molecule has 0 aliphatic heterocycles. The van der Waals surface area contributed by atoms with E-state index >= 15 is 0 Å². The summed E-state index contributed by atoms with van der Waals surface area (Å²) in [6.45, 7) is 6.16. The third-order valence-electron chi connectivity index (χ3n) is 3.84. The van der Waals surface area contributed by atoms with E-state index < -0.39 is 6.10 Å². The van der Waals surface area contributed by atoms with Gasteiger partial charge in [0.2, 0.25) is 0 Å². The molecule has 3 nitrogen and oxygen atoms in total. The Balaban J connectivity index is 1.99. The molecule has 23 heavy (non-hydrogen) atoms. The van der Waals surface area contributed by atoms with Crippen LogP contribution < -0.4 is 10.1 Å². The zero-order valence-electron chi connectivity index (χ0n) is 13.7. The fourth-order valence-corrected chi connectivity index (χ4v) is 2.28. The lowest BCUT2D eigenvalue weighted by Gasteiger charge is -2.19. The number of hydrogen-bond donors (Lipinski definition) is 1. The molecule has 0 aliphatic rings. The smallest absolute Gasteiger partial charge is 0.261 e. The number of amides is 1. The van der Waals surface area contributed by atoms with Gasteiger partial charge in [0.15, 0.2) is 6.10 Å². The second kappa shape index (κ2) is 7.77. The van der Waals surface area contributed by atoms with Crippen molar-refractivity contribution < 1.29 is 13.9 Å². The number of carbonyl (C=O) groups is 1. The van der Waals surface area contributed by atoms with Gasteiger partial charge in [0.1, 0.15) is 11.6 Å². The van der Waals surface area contributed by atoms with Gasteiger partial charge >= 0.3 is 0 Å². The molecule has 0 radical (unpaired) electrons. The summed E-state index contributed by atoms with van der Waals surface area (Å²) in [5.74, 6) is 0.214. The Morgan fingerprint density at radius 3 is 2.65 bits per heavy atom. The molecule has 1 amide bonds. The van der Waals surface area contributed by atoms with Crippen molar-refractivity contribution in [3.8, 4) is 5.75 Å². The Bertz CT molecular complexity index is 685. The van der Waals surface area contributed by atoms with Crippen LogP contribution in [0.2, 0.25) is 0 Å². The monoisotopic (exact) mass is 315 g/mol. The second-order valence-corrected chi connectivity index (χ2v) is 5.56. The Kier molecular flexibility index (Phi) is 5.74. The zero-order valence-corrected chi connectivity index (χ0v) is 13.7. The van der Waals surface area contributed by atoms with E-state index in [-0.39, 0.29) is 18.3 Å². The van der Waals surface area contributed by atoms with Crippen molar-refractivity contribution in [3.05, 3.63) is 65.0 Å². The molecule has 1 N–H and O–H groups in total. The highest BCUT2D eigenvalue weighted by molar-refractivity contribution is 5.81. The largest absolute Gasteiger partial charge is 0.480 e. The molecule has 1 atom stereocenters. The second-order valence-electron chi connectivity index (χ2n) is 5.56. The zero-order chi connectivity index (χ0) is 16.8. The lowest BCUT2D eigenvalue weighted by atomic mass is 10.1. The summed E-state index contributed by atoms with van der Waals surface area (Å²) in [5, 5.41) is 2.80. The lowest BCUT2D eigenvalue weighted by molar-refractivity contribution is -0.128. The van der Waals surface area contributed by atoms with E-state index in [1.54, 1.807) is 12.1 Å². The van der Waals surface area contributed by atoms with Crippen LogP contribution in [0.15, 0.2) is 42.5 Å². The number of nitrogens with one attached hydrogen (secondary N) is 1. The molecular weight excluding hydrogens is 293 g/mol. The van der Waals surface area contributed by atoms with E-state index in [9.17, 15) is 9.18 Å². The van der Waals surface area contributed by atoms with Gasteiger partial charge in [-0.3, -0.25) is 4.79 Å². The lowest BCUT2D eigenvalue weighted by Crippen LogP contribution is -2.37. The molecule has 0 aromatic heterocycles. The molecule has 1 unspecified atom stereocenters. The maximum atomic E-state index is 13.1. The number of aryl methyl sites for hydroxylation is 1. The molecule has 2 rings (SSSR count). The van der Waals surface area contributed by atoms with Crippen LogP contribution in [-0.4, -0.2) is 12.0 Å². The molecule has 0 fully saturated rings. The van der Waals surface area contributed by atoms with Gasteiger partial charge in [0.25, 0.3) is 5.91 Å². The highest BCUT2D eigenvalue weighted by Crippen LogP contribution is 2.22. The molecule has 0 saturated heterocycles. The van der Waals surface area contributed by atoms with Gasteiger partial charge in [0, 0.05) is 6.54 Å². The van der Waals surface area contributed by atoms with E-state index in [0.29, 0.717) is 6.42 Å². The molecular formula is C19H22FNO2. The van der Waals surface area contributed by atoms with Crippen LogP contribution in [0, 0.1) is 19.7 Å². The SMILES string of the molecule is CCC(Oc1cccc(C)c1C)C(=O)NCc1cccc(F)c1. The first kappa shape index (κ1) is 17.0. The topological polar surface area (TPSA) is 38.3 Å². The summed E-state index contributed by atoms with van der Waals surface area (Å²) in [4.78, 5) is 12.3. The standard InChI is InChI=1S/C19H22FNO2/c1-4-17(23-18-10-5-7-13(2)14(18)3)19(22)21-12-15-8-6-9-16(20)11-15/h5-11,17H,4,12H2,1-3H3,(H,21,22). The van der Waals surface area contributed by atoms with Gasteiger partial charge in [-0.05, 0) is 55.2 Å². The minimum atomic E-state index is -0.566. The number of benzene rings is 2. The van der Waals surface area contributed by atoms with Crippen molar-refractivity contribution in [2.24, 2.45) is 0 Å². The summed E-state index contributed by atoms with van der Waals surface area (Å²) in [5.41, 5.74) is 2.88. The Morgan fingerprint density at radius 1 is 1.22 bits per heavy atom. The fraction of sp³-hybridized carbons (Fsp3) is 0.316. The number of rotatable bonds is 6. The Morgan fingerprint density at radius 2 is 1.96 bits per heavy atom. The number of halogens is 1. The highest BCUT2D eigenvalue weighted by Gasteiger charge is 2.19. The number of carbonyl (C=O) groups excluding carboxylic acids is 1. The normalized spacial score (nSPS) is 11.8. The summed E-state index contributed by atoms with van der Waals surface area (Å²) < 4.78 is 19.0. The molecule has 0 bridgehead atoms. The molecule has 0 spiro atoms. The highest BCUT2D eigenvalue weighted by atomic mass is 19.1. The first-order valence-corrected chi connectivity index (χ1v) is 7.76. The van der Waals surface area contributed by atoms with Crippen LogP contribution in [0.25, 0.3) is 0 Å². The molecule has 0 heterocycles. The molecule has 2 aromatic rings. The molecule has 2 aromatic carbocycles. The summed E-state index contributed by atoms with van der Waals surface area (Å²) >= 11 is 0. The number of ether oxygens (including phenoxy) is 1. The van der Waals surface area contributed by atoms with Gasteiger partial charge in [0.05, 0.1) is 0 Å². The van der Waals surface area contributed by atoms with Crippen molar-refractivity contribution in [2.45, 2.75) is 39.8 Å². The summed E-state index contributed by atoms with van der Waals surface area (Å²) in [7, 11) is 0. The first-order chi connectivity index (χ1) is 11.0. The van der Waals surface area contributed by atoms with Crippen molar-refractivity contribution in [1.29, 1.82) is 0 Å². The van der Waals surface area contributed by atoms with Gasteiger partial charge in [-0.25, -0.2) is 4.39 Å². The van der Waals surface area contributed by atoms with E-state index in [1.165, 1.54) is 12.1 Å². The van der Waals surface area contributed by atoms with E-state index in [2.05, 4.69) is 5.32 Å². The average molecular weight is 315 g/mol. The van der Waals surface area contributed by atoms with Crippen molar-refractivity contribution in [3.63, 3.8) is 0 Å².